The summed E-state index contributed by atoms with van der Waals surface area (Å²) in [5.74, 6) is -1.15. The summed E-state index contributed by atoms with van der Waals surface area (Å²) in [5.41, 5.74) is 1.45. The summed E-state index contributed by atoms with van der Waals surface area (Å²) in [6.07, 6.45) is 0. The van der Waals surface area contributed by atoms with Gasteiger partial charge in [0.15, 0.2) is 0 Å². The van der Waals surface area contributed by atoms with E-state index in [-0.39, 0.29) is 6.04 Å². The third kappa shape index (κ3) is 2.68. The highest BCUT2D eigenvalue weighted by Gasteiger charge is 2.17. The van der Waals surface area contributed by atoms with Crippen LogP contribution in [0.5, 0.6) is 0 Å². The second kappa shape index (κ2) is 4.89. The highest BCUT2D eigenvalue weighted by Crippen LogP contribution is 2.25. The van der Waals surface area contributed by atoms with Crippen LogP contribution < -0.4 is 5.32 Å². The molecule has 2 rings (SSSR count). The van der Waals surface area contributed by atoms with Crippen molar-refractivity contribution in [3.63, 3.8) is 0 Å². The first-order valence-corrected chi connectivity index (χ1v) is 6.03. The van der Waals surface area contributed by atoms with Gasteiger partial charge < -0.3 is 5.32 Å². The molecule has 90 valence electrons. The largest absolute Gasteiger partial charge is 0.307 e. The SMILES string of the molecule is CNC(c1cc(F)cc(F)c1)c1nc(C)cs1. The lowest BCUT2D eigenvalue weighted by Crippen LogP contribution is -2.17. The molecule has 0 saturated heterocycles. The van der Waals surface area contributed by atoms with Crippen LogP contribution in [0.3, 0.4) is 0 Å². The molecule has 1 heterocycles. The highest BCUT2D eigenvalue weighted by atomic mass is 32.1. The Labute approximate surface area is 102 Å². The number of hydrogen-bond donors (Lipinski definition) is 1. The fourth-order valence-electron chi connectivity index (χ4n) is 1.68. The van der Waals surface area contributed by atoms with Crippen molar-refractivity contribution < 1.29 is 8.78 Å². The number of rotatable bonds is 3. The van der Waals surface area contributed by atoms with Crippen molar-refractivity contribution in [3.8, 4) is 0 Å². The number of benzene rings is 1. The average Bonchev–Trinajstić information content (AvgIpc) is 2.64. The van der Waals surface area contributed by atoms with Gasteiger partial charge in [0, 0.05) is 17.1 Å². The van der Waals surface area contributed by atoms with E-state index < -0.39 is 11.6 Å². The third-order valence-electron chi connectivity index (χ3n) is 2.39. The van der Waals surface area contributed by atoms with E-state index in [1.165, 1.54) is 23.5 Å². The van der Waals surface area contributed by atoms with E-state index in [4.69, 9.17) is 0 Å². The van der Waals surface area contributed by atoms with Gasteiger partial charge in [0.1, 0.15) is 16.6 Å². The summed E-state index contributed by atoms with van der Waals surface area (Å²) in [4.78, 5) is 4.33. The molecule has 2 aromatic rings. The molecule has 1 aromatic carbocycles. The number of halogens is 2. The van der Waals surface area contributed by atoms with Crippen molar-refractivity contribution in [3.05, 3.63) is 51.5 Å². The van der Waals surface area contributed by atoms with Gasteiger partial charge in [0.2, 0.25) is 0 Å². The van der Waals surface area contributed by atoms with Crippen LogP contribution in [0.2, 0.25) is 0 Å². The predicted molar refractivity (Wildman–Crippen MR) is 64.1 cm³/mol. The number of nitrogens with one attached hydrogen (secondary N) is 1. The highest BCUT2D eigenvalue weighted by molar-refractivity contribution is 7.09. The molecule has 2 nitrogen and oxygen atoms in total. The van der Waals surface area contributed by atoms with Crippen LogP contribution >= 0.6 is 11.3 Å². The number of aryl methyl sites for hydroxylation is 1. The van der Waals surface area contributed by atoms with Crippen molar-refractivity contribution >= 4 is 11.3 Å². The molecule has 1 unspecified atom stereocenters. The Morgan fingerprint density at radius 3 is 2.35 bits per heavy atom. The Balaban J connectivity index is 2.41. The zero-order valence-electron chi connectivity index (χ0n) is 9.50. The minimum atomic E-state index is -0.575. The van der Waals surface area contributed by atoms with Crippen LogP contribution in [-0.4, -0.2) is 12.0 Å². The van der Waals surface area contributed by atoms with Gasteiger partial charge in [-0.05, 0) is 31.7 Å². The van der Waals surface area contributed by atoms with Crippen LogP contribution in [0.25, 0.3) is 0 Å². The molecule has 0 aliphatic heterocycles. The van der Waals surface area contributed by atoms with Crippen molar-refractivity contribution in [2.45, 2.75) is 13.0 Å². The monoisotopic (exact) mass is 254 g/mol. The average molecular weight is 254 g/mol. The standard InChI is InChI=1S/C12H12F2N2S/c1-7-6-17-12(16-7)11(15-2)8-3-9(13)5-10(14)4-8/h3-6,11,15H,1-2H3. The fourth-order valence-corrected chi connectivity index (χ4v) is 2.61. The zero-order chi connectivity index (χ0) is 12.4. The second-order valence-corrected chi connectivity index (χ2v) is 4.64. The molecule has 0 spiro atoms. The number of aromatic nitrogens is 1. The lowest BCUT2D eigenvalue weighted by molar-refractivity contribution is 0.571. The minimum Gasteiger partial charge on any atom is -0.307 e. The van der Waals surface area contributed by atoms with Crippen molar-refractivity contribution in [2.75, 3.05) is 7.05 Å². The topological polar surface area (TPSA) is 24.9 Å². The van der Waals surface area contributed by atoms with Gasteiger partial charge in [-0.25, -0.2) is 13.8 Å². The van der Waals surface area contributed by atoms with Crippen molar-refractivity contribution in [2.24, 2.45) is 0 Å². The molecule has 1 atom stereocenters. The Morgan fingerprint density at radius 2 is 1.88 bits per heavy atom. The predicted octanol–water partition coefficient (Wildman–Crippen LogP) is 3.04. The Morgan fingerprint density at radius 1 is 1.24 bits per heavy atom. The van der Waals surface area contributed by atoms with E-state index in [1.807, 2.05) is 12.3 Å². The first kappa shape index (κ1) is 12.1. The third-order valence-corrected chi connectivity index (χ3v) is 3.42. The smallest absolute Gasteiger partial charge is 0.126 e. The summed E-state index contributed by atoms with van der Waals surface area (Å²) in [7, 11) is 1.74. The summed E-state index contributed by atoms with van der Waals surface area (Å²) in [5, 5.41) is 5.73. The molecule has 5 heteroatoms. The van der Waals surface area contributed by atoms with Gasteiger partial charge in [-0.2, -0.15) is 0 Å². The molecule has 1 N–H and O–H groups in total. The maximum absolute atomic E-state index is 13.2. The molecule has 1 aromatic heterocycles. The lowest BCUT2D eigenvalue weighted by Gasteiger charge is -2.14. The first-order chi connectivity index (χ1) is 8.10. The van der Waals surface area contributed by atoms with Crippen LogP contribution in [-0.2, 0) is 0 Å². The van der Waals surface area contributed by atoms with Crippen LogP contribution in [0, 0.1) is 18.6 Å². The van der Waals surface area contributed by atoms with Gasteiger partial charge in [-0.1, -0.05) is 0 Å². The van der Waals surface area contributed by atoms with E-state index >= 15 is 0 Å². The summed E-state index contributed by atoms with van der Waals surface area (Å²) in [6, 6.07) is 3.23. The molecule has 0 aliphatic rings. The first-order valence-electron chi connectivity index (χ1n) is 5.15. The lowest BCUT2D eigenvalue weighted by atomic mass is 10.1. The van der Waals surface area contributed by atoms with Gasteiger partial charge in [0.05, 0.1) is 6.04 Å². The van der Waals surface area contributed by atoms with Crippen LogP contribution in [0.1, 0.15) is 22.3 Å². The number of thiazole rings is 1. The van der Waals surface area contributed by atoms with Crippen LogP contribution in [0.4, 0.5) is 8.78 Å². The molecule has 0 aliphatic carbocycles. The van der Waals surface area contributed by atoms with Crippen molar-refractivity contribution in [1.82, 2.24) is 10.3 Å². The summed E-state index contributed by atoms with van der Waals surface area (Å²) >= 11 is 1.47. The molecule has 0 fully saturated rings. The Bertz CT molecular complexity index is 505. The Kier molecular flexibility index (Phi) is 3.49. The Hall–Kier alpha value is -1.33. The minimum absolute atomic E-state index is 0.279. The second-order valence-electron chi connectivity index (χ2n) is 3.75. The van der Waals surface area contributed by atoms with Crippen LogP contribution in [0.15, 0.2) is 23.6 Å². The van der Waals surface area contributed by atoms with Gasteiger partial charge >= 0.3 is 0 Å². The molecule has 17 heavy (non-hydrogen) atoms. The van der Waals surface area contributed by atoms with Gasteiger partial charge in [-0.3, -0.25) is 0 Å². The maximum atomic E-state index is 13.2. The molecule has 0 amide bonds. The quantitative estimate of drug-likeness (QED) is 0.910. The molecular formula is C12H12F2N2S. The molecule has 0 bridgehead atoms. The van der Waals surface area contributed by atoms with E-state index in [0.29, 0.717) is 5.56 Å². The number of nitrogens with zero attached hydrogens (tertiary/aromatic N) is 1. The molecular weight excluding hydrogens is 242 g/mol. The maximum Gasteiger partial charge on any atom is 0.126 e. The molecule has 0 saturated carbocycles. The van der Waals surface area contributed by atoms with E-state index in [0.717, 1.165) is 16.8 Å². The van der Waals surface area contributed by atoms with Crippen molar-refractivity contribution in [1.29, 1.82) is 0 Å². The number of hydrogen-bond acceptors (Lipinski definition) is 3. The van der Waals surface area contributed by atoms with E-state index in [1.54, 1.807) is 7.05 Å². The zero-order valence-corrected chi connectivity index (χ0v) is 10.3. The fraction of sp³-hybridized carbons (Fsp3) is 0.250. The van der Waals surface area contributed by atoms with E-state index in [2.05, 4.69) is 10.3 Å². The summed E-state index contributed by atoms with van der Waals surface area (Å²) in [6.45, 7) is 1.89. The molecule has 0 radical (unpaired) electrons. The van der Waals surface area contributed by atoms with Gasteiger partial charge in [-0.15, -0.1) is 11.3 Å². The normalized spacial score (nSPS) is 12.7. The van der Waals surface area contributed by atoms with Gasteiger partial charge in [0.25, 0.3) is 0 Å². The summed E-state index contributed by atoms with van der Waals surface area (Å²) < 4.78 is 26.3. The van der Waals surface area contributed by atoms with E-state index in [9.17, 15) is 8.78 Å².